The van der Waals surface area contributed by atoms with Gasteiger partial charge in [0.15, 0.2) is 0 Å². The minimum atomic E-state index is -0.411. The number of benzene rings is 2. The first-order chi connectivity index (χ1) is 16.6. The molecule has 0 N–H and O–H groups in total. The molecule has 0 atom stereocenters. The lowest BCUT2D eigenvalue weighted by atomic mass is 9.77. The molecule has 0 aliphatic heterocycles. The molecule has 35 heavy (non-hydrogen) atoms. The van der Waals surface area contributed by atoms with Gasteiger partial charge in [-0.2, -0.15) is 0 Å². The van der Waals surface area contributed by atoms with Gasteiger partial charge in [-0.25, -0.2) is 9.59 Å². The van der Waals surface area contributed by atoms with Gasteiger partial charge in [-0.3, -0.25) is 0 Å². The second kappa shape index (κ2) is 13.4. The Hall–Kier alpha value is -3.54. The van der Waals surface area contributed by atoms with Crippen LogP contribution in [0, 0.1) is 0 Å². The molecule has 6 heteroatoms. The maximum Gasteiger partial charge on any atom is 0.333 e. The zero-order valence-corrected chi connectivity index (χ0v) is 21.2. The van der Waals surface area contributed by atoms with Crippen molar-refractivity contribution in [2.75, 3.05) is 26.4 Å². The number of carbonyl (C=O) groups is 2. The molecule has 0 unspecified atom stereocenters. The predicted molar refractivity (Wildman–Crippen MR) is 137 cm³/mol. The van der Waals surface area contributed by atoms with E-state index in [1.54, 1.807) is 13.8 Å². The molecule has 188 valence electrons. The standard InChI is InChI=1S/C29H36O6/c1-21(2)27(30)34-19-11-17-32-25-15-9-7-13-23(25)29(5,6)24-14-8-10-16-26(24)33-18-12-20-35-28(31)22(3)4/h7-10,13-16H,1,3,11-12,17-20H2,2,4-6H3. The Morgan fingerprint density at radius 2 is 1.06 bits per heavy atom. The fraction of sp³-hybridized carbons (Fsp3) is 0.379. The summed E-state index contributed by atoms with van der Waals surface area (Å²) in [6.07, 6.45) is 1.15. The molecule has 2 rings (SSSR count). The third kappa shape index (κ3) is 8.32. The summed E-state index contributed by atoms with van der Waals surface area (Å²) in [6, 6.07) is 15.8. The Kier molecular flexibility index (Phi) is 10.6. The van der Waals surface area contributed by atoms with Crippen LogP contribution in [-0.2, 0) is 24.5 Å². The molecule has 0 saturated carbocycles. The van der Waals surface area contributed by atoms with Crippen LogP contribution in [0.25, 0.3) is 0 Å². The van der Waals surface area contributed by atoms with Crippen LogP contribution >= 0.6 is 0 Å². The SMILES string of the molecule is C=C(C)C(=O)OCCCOc1ccccc1C(C)(C)c1ccccc1OCCCOC(=O)C(=C)C. The molecule has 0 amide bonds. The highest BCUT2D eigenvalue weighted by Crippen LogP contribution is 2.41. The molecule has 0 bridgehead atoms. The van der Waals surface area contributed by atoms with Gasteiger partial charge < -0.3 is 18.9 Å². The van der Waals surface area contributed by atoms with Gasteiger partial charge in [0.1, 0.15) is 11.5 Å². The molecule has 2 aromatic rings. The van der Waals surface area contributed by atoms with Crippen LogP contribution in [0.1, 0.15) is 51.7 Å². The number of rotatable bonds is 14. The van der Waals surface area contributed by atoms with Crippen LogP contribution in [-0.4, -0.2) is 38.4 Å². The van der Waals surface area contributed by atoms with Crippen molar-refractivity contribution in [3.63, 3.8) is 0 Å². The van der Waals surface area contributed by atoms with Crippen molar-refractivity contribution < 1.29 is 28.5 Å². The van der Waals surface area contributed by atoms with Crippen LogP contribution in [0.5, 0.6) is 11.5 Å². The van der Waals surface area contributed by atoms with Crippen molar-refractivity contribution in [2.45, 2.75) is 46.0 Å². The predicted octanol–water partition coefficient (Wildman–Crippen LogP) is 5.79. The van der Waals surface area contributed by atoms with Crippen LogP contribution in [0.4, 0.5) is 0 Å². The molecular formula is C29H36O6. The van der Waals surface area contributed by atoms with E-state index in [4.69, 9.17) is 18.9 Å². The van der Waals surface area contributed by atoms with E-state index in [9.17, 15) is 9.59 Å². The lowest BCUT2D eigenvalue weighted by molar-refractivity contribution is -0.140. The highest BCUT2D eigenvalue weighted by Gasteiger charge is 2.29. The summed E-state index contributed by atoms with van der Waals surface area (Å²) in [5.74, 6) is 0.754. The van der Waals surface area contributed by atoms with Crippen LogP contribution < -0.4 is 9.47 Å². The molecule has 6 nitrogen and oxygen atoms in total. The molecule has 0 spiro atoms. The van der Waals surface area contributed by atoms with Gasteiger partial charge in [0.25, 0.3) is 0 Å². The summed E-state index contributed by atoms with van der Waals surface area (Å²) in [5, 5.41) is 0. The molecule has 0 aliphatic rings. The summed E-state index contributed by atoms with van der Waals surface area (Å²) in [6.45, 7) is 16.0. The number of esters is 2. The normalized spacial score (nSPS) is 10.9. The Bertz CT molecular complexity index is 955. The van der Waals surface area contributed by atoms with Crippen LogP contribution in [0.2, 0.25) is 0 Å². The smallest absolute Gasteiger partial charge is 0.333 e. The van der Waals surface area contributed by atoms with E-state index >= 15 is 0 Å². The summed E-state index contributed by atoms with van der Waals surface area (Å²) in [5.41, 5.74) is 2.39. The van der Waals surface area contributed by atoms with Gasteiger partial charge in [0.05, 0.1) is 26.4 Å². The van der Waals surface area contributed by atoms with E-state index in [1.165, 1.54) is 0 Å². The van der Waals surface area contributed by atoms with Crippen molar-refractivity contribution in [1.82, 2.24) is 0 Å². The van der Waals surface area contributed by atoms with Gasteiger partial charge >= 0.3 is 11.9 Å². The third-order valence-electron chi connectivity index (χ3n) is 5.38. The van der Waals surface area contributed by atoms with Gasteiger partial charge in [-0.15, -0.1) is 0 Å². The second-order valence-electron chi connectivity index (χ2n) is 8.85. The van der Waals surface area contributed by atoms with Crippen molar-refractivity contribution in [3.05, 3.63) is 84.0 Å². The van der Waals surface area contributed by atoms with Crippen molar-refractivity contribution in [2.24, 2.45) is 0 Å². The molecular weight excluding hydrogens is 444 g/mol. The van der Waals surface area contributed by atoms with Crippen molar-refractivity contribution >= 4 is 11.9 Å². The molecule has 0 radical (unpaired) electrons. The highest BCUT2D eigenvalue weighted by atomic mass is 16.5. The van der Waals surface area contributed by atoms with Crippen LogP contribution in [0.3, 0.4) is 0 Å². The van der Waals surface area contributed by atoms with Crippen LogP contribution in [0.15, 0.2) is 72.8 Å². The minimum Gasteiger partial charge on any atom is -0.493 e. The average Bonchev–Trinajstić information content (AvgIpc) is 2.83. The maximum absolute atomic E-state index is 11.5. The van der Waals surface area contributed by atoms with E-state index in [0.717, 1.165) is 22.6 Å². The van der Waals surface area contributed by atoms with E-state index in [-0.39, 0.29) is 13.2 Å². The number of hydrogen-bond donors (Lipinski definition) is 0. The molecule has 0 fully saturated rings. The minimum absolute atomic E-state index is 0.273. The largest absolute Gasteiger partial charge is 0.493 e. The monoisotopic (exact) mass is 480 g/mol. The Balaban J connectivity index is 2.04. The maximum atomic E-state index is 11.5. The Morgan fingerprint density at radius 3 is 1.43 bits per heavy atom. The lowest BCUT2D eigenvalue weighted by Gasteiger charge is -2.30. The highest BCUT2D eigenvalue weighted by molar-refractivity contribution is 5.87. The topological polar surface area (TPSA) is 71.1 Å². The van der Waals surface area contributed by atoms with Gasteiger partial charge in [-0.05, 0) is 26.0 Å². The van der Waals surface area contributed by atoms with Crippen molar-refractivity contribution in [3.8, 4) is 11.5 Å². The molecule has 0 saturated heterocycles. The van der Waals surface area contributed by atoms with Gasteiger partial charge in [-0.1, -0.05) is 63.4 Å². The summed E-state index contributed by atoms with van der Waals surface area (Å²) in [4.78, 5) is 23.0. The van der Waals surface area contributed by atoms with E-state index in [0.29, 0.717) is 37.2 Å². The molecule has 2 aromatic carbocycles. The van der Waals surface area contributed by atoms with Gasteiger partial charge in [0.2, 0.25) is 0 Å². The number of para-hydroxylation sites is 2. The number of carbonyl (C=O) groups excluding carboxylic acids is 2. The zero-order chi connectivity index (χ0) is 25.8. The second-order valence-corrected chi connectivity index (χ2v) is 8.85. The summed E-state index contributed by atoms with van der Waals surface area (Å²) >= 11 is 0. The first-order valence-corrected chi connectivity index (χ1v) is 11.7. The lowest BCUT2D eigenvalue weighted by Crippen LogP contribution is -2.22. The fourth-order valence-corrected chi connectivity index (χ4v) is 3.42. The number of ether oxygens (including phenoxy) is 4. The average molecular weight is 481 g/mol. The van der Waals surface area contributed by atoms with Gasteiger partial charge in [0, 0.05) is 40.5 Å². The van der Waals surface area contributed by atoms with E-state index < -0.39 is 17.4 Å². The quantitative estimate of drug-likeness (QED) is 0.194. The third-order valence-corrected chi connectivity index (χ3v) is 5.38. The first kappa shape index (κ1) is 27.7. The Morgan fingerprint density at radius 1 is 0.686 bits per heavy atom. The summed E-state index contributed by atoms with van der Waals surface area (Å²) < 4.78 is 22.4. The first-order valence-electron chi connectivity index (χ1n) is 11.7. The molecule has 0 aliphatic carbocycles. The Labute approximate surface area is 208 Å². The van der Waals surface area contributed by atoms with E-state index in [1.807, 2.05) is 48.5 Å². The number of hydrogen-bond acceptors (Lipinski definition) is 6. The molecule has 0 heterocycles. The summed E-state index contributed by atoms with van der Waals surface area (Å²) in [7, 11) is 0. The van der Waals surface area contributed by atoms with E-state index in [2.05, 4.69) is 27.0 Å². The molecule has 0 aromatic heterocycles. The zero-order valence-electron chi connectivity index (χ0n) is 21.2. The fourth-order valence-electron chi connectivity index (χ4n) is 3.42. The van der Waals surface area contributed by atoms with Crippen molar-refractivity contribution in [1.29, 1.82) is 0 Å².